The number of nitrogens with zero attached hydrogens (tertiary/aromatic N) is 2. The van der Waals surface area contributed by atoms with E-state index in [0.717, 1.165) is 31.6 Å². The van der Waals surface area contributed by atoms with Crippen LogP contribution in [-0.4, -0.2) is 35.1 Å². The Morgan fingerprint density at radius 3 is 2.67 bits per heavy atom. The molecule has 1 aliphatic heterocycles. The van der Waals surface area contributed by atoms with Crippen LogP contribution in [0.25, 0.3) is 0 Å². The van der Waals surface area contributed by atoms with Gasteiger partial charge in [-0.25, -0.2) is 0 Å². The molecule has 7 nitrogen and oxygen atoms in total. The van der Waals surface area contributed by atoms with Crippen molar-refractivity contribution in [1.29, 1.82) is 0 Å². The van der Waals surface area contributed by atoms with E-state index in [0.29, 0.717) is 5.56 Å². The van der Waals surface area contributed by atoms with Gasteiger partial charge in [0.25, 0.3) is 5.69 Å². The summed E-state index contributed by atoms with van der Waals surface area (Å²) in [5.41, 5.74) is 1.13. The van der Waals surface area contributed by atoms with Gasteiger partial charge in [-0.3, -0.25) is 14.9 Å². The molecule has 7 heteroatoms. The molecule has 0 aromatic heterocycles. The van der Waals surface area contributed by atoms with Crippen LogP contribution < -0.4 is 10.2 Å². The summed E-state index contributed by atoms with van der Waals surface area (Å²) in [6, 6.07) is 4.99. The molecule has 0 bridgehead atoms. The van der Waals surface area contributed by atoms with Crippen LogP contribution in [-0.2, 0) is 11.4 Å². The summed E-state index contributed by atoms with van der Waals surface area (Å²) in [6.45, 7) is 2.70. The second-order valence-electron chi connectivity index (χ2n) is 5.19. The standard InChI is InChI=1S/C14H19N3O4/c1-10(19)15-12-4-6-16(7-5-12)13-2-3-14(17(20)21)11(8-13)9-18/h2-3,8,12,18H,4-7,9H2,1H3,(H,15,19). The third-order valence-corrected chi connectivity index (χ3v) is 3.70. The molecular formula is C14H19N3O4. The first-order valence-electron chi connectivity index (χ1n) is 6.91. The zero-order valence-corrected chi connectivity index (χ0v) is 11.9. The summed E-state index contributed by atoms with van der Waals surface area (Å²) in [5, 5.41) is 23.0. The van der Waals surface area contributed by atoms with Crippen LogP contribution in [0.2, 0.25) is 0 Å². The fourth-order valence-electron chi connectivity index (χ4n) is 2.64. The Kier molecular flexibility index (Phi) is 4.74. The zero-order chi connectivity index (χ0) is 15.4. The lowest BCUT2D eigenvalue weighted by Crippen LogP contribution is -2.44. The first-order chi connectivity index (χ1) is 10.0. The second kappa shape index (κ2) is 6.53. The summed E-state index contributed by atoms with van der Waals surface area (Å²) in [4.78, 5) is 23.5. The molecule has 1 heterocycles. The summed E-state index contributed by atoms with van der Waals surface area (Å²) in [5.74, 6) is -0.0219. The molecule has 21 heavy (non-hydrogen) atoms. The van der Waals surface area contributed by atoms with Gasteiger partial charge in [-0.05, 0) is 25.0 Å². The number of carbonyl (C=O) groups is 1. The van der Waals surface area contributed by atoms with Crippen molar-refractivity contribution in [2.45, 2.75) is 32.4 Å². The molecule has 2 rings (SSSR count). The summed E-state index contributed by atoms with van der Waals surface area (Å²) in [7, 11) is 0. The van der Waals surface area contributed by atoms with Crippen molar-refractivity contribution in [3.8, 4) is 0 Å². The van der Waals surface area contributed by atoms with E-state index >= 15 is 0 Å². The minimum absolute atomic E-state index is 0.0219. The molecule has 114 valence electrons. The highest BCUT2D eigenvalue weighted by Gasteiger charge is 2.21. The number of aliphatic hydroxyl groups excluding tert-OH is 1. The molecule has 0 spiro atoms. The van der Waals surface area contributed by atoms with Crippen LogP contribution in [0.5, 0.6) is 0 Å². The van der Waals surface area contributed by atoms with Gasteiger partial charge in [-0.15, -0.1) is 0 Å². The molecule has 0 unspecified atom stereocenters. The Hall–Kier alpha value is -2.15. The molecular weight excluding hydrogens is 274 g/mol. The van der Waals surface area contributed by atoms with Crippen LogP contribution in [0.4, 0.5) is 11.4 Å². The lowest BCUT2D eigenvalue weighted by molar-refractivity contribution is -0.385. The fourth-order valence-corrected chi connectivity index (χ4v) is 2.64. The maximum atomic E-state index is 11.0. The number of amides is 1. The number of nitro benzene ring substituents is 1. The minimum atomic E-state index is -0.488. The molecule has 1 aromatic rings. The number of hydrogen-bond acceptors (Lipinski definition) is 5. The first-order valence-corrected chi connectivity index (χ1v) is 6.91. The first kappa shape index (κ1) is 15.2. The van der Waals surface area contributed by atoms with Crippen LogP contribution in [0.3, 0.4) is 0 Å². The Morgan fingerprint density at radius 2 is 2.14 bits per heavy atom. The van der Waals surface area contributed by atoms with Crippen molar-refractivity contribution >= 4 is 17.3 Å². The molecule has 1 aliphatic rings. The maximum Gasteiger partial charge on any atom is 0.275 e. The van der Waals surface area contributed by atoms with E-state index in [1.807, 2.05) is 0 Å². The average molecular weight is 293 g/mol. The number of piperidine rings is 1. The van der Waals surface area contributed by atoms with Gasteiger partial charge >= 0.3 is 0 Å². The van der Waals surface area contributed by atoms with Gasteiger partial charge in [-0.2, -0.15) is 0 Å². The number of rotatable bonds is 4. The summed E-state index contributed by atoms with van der Waals surface area (Å²) < 4.78 is 0. The monoisotopic (exact) mass is 293 g/mol. The normalized spacial score (nSPS) is 15.8. The predicted molar refractivity (Wildman–Crippen MR) is 78.1 cm³/mol. The van der Waals surface area contributed by atoms with Gasteiger partial charge in [-0.1, -0.05) is 0 Å². The van der Waals surface area contributed by atoms with Gasteiger partial charge in [0.1, 0.15) is 0 Å². The smallest absolute Gasteiger partial charge is 0.275 e. The second-order valence-corrected chi connectivity index (χ2v) is 5.19. The molecule has 2 N–H and O–H groups in total. The van der Waals surface area contributed by atoms with Crippen LogP contribution >= 0.6 is 0 Å². The van der Waals surface area contributed by atoms with E-state index < -0.39 is 4.92 Å². The summed E-state index contributed by atoms with van der Waals surface area (Å²) >= 11 is 0. The number of aliphatic hydroxyl groups is 1. The number of carbonyl (C=O) groups excluding carboxylic acids is 1. The number of benzene rings is 1. The molecule has 1 aromatic carbocycles. The van der Waals surface area contributed by atoms with E-state index in [9.17, 15) is 20.0 Å². The van der Waals surface area contributed by atoms with E-state index in [-0.39, 0.29) is 24.2 Å². The minimum Gasteiger partial charge on any atom is -0.391 e. The molecule has 1 fully saturated rings. The molecule has 0 atom stereocenters. The number of nitrogens with one attached hydrogen (secondary N) is 1. The Balaban J connectivity index is 2.06. The van der Waals surface area contributed by atoms with E-state index in [2.05, 4.69) is 10.2 Å². The SMILES string of the molecule is CC(=O)NC1CCN(c2ccc([N+](=O)[O-])c(CO)c2)CC1. The van der Waals surface area contributed by atoms with Gasteiger partial charge in [0, 0.05) is 37.8 Å². The zero-order valence-electron chi connectivity index (χ0n) is 11.9. The van der Waals surface area contributed by atoms with Crippen molar-refractivity contribution in [3.63, 3.8) is 0 Å². The van der Waals surface area contributed by atoms with Crippen LogP contribution in [0.15, 0.2) is 18.2 Å². The largest absolute Gasteiger partial charge is 0.391 e. The highest BCUT2D eigenvalue weighted by atomic mass is 16.6. The van der Waals surface area contributed by atoms with E-state index in [1.165, 1.54) is 13.0 Å². The van der Waals surface area contributed by atoms with Gasteiger partial charge < -0.3 is 15.3 Å². The average Bonchev–Trinajstić information content (AvgIpc) is 2.46. The van der Waals surface area contributed by atoms with Crippen molar-refractivity contribution in [2.24, 2.45) is 0 Å². The molecule has 1 amide bonds. The fraction of sp³-hybridized carbons (Fsp3) is 0.500. The van der Waals surface area contributed by atoms with Crippen molar-refractivity contribution in [2.75, 3.05) is 18.0 Å². The van der Waals surface area contributed by atoms with Crippen LogP contribution in [0, 0.1) is 10.1 Å². The maximum absolute atomic E-state index is 11.0. The number of nitro groups is 1. The highest BCUT2D eigenvalue weighted by molar-refractivity contribution is 5.73. The Bertz CT molecular complexity index is 539. The predicted octanol–water partition coefficient (Wildman–Crippen LogP) is 1.19. The van der Waals surface area contributed by atoms with Gasteiger partial charge in [0.2, 0.25) is 5.91 Å². The van der Waals surface area contributed by atoms with Crippen molar-refractivity contribution in [3.05, 3.63) is 33.9 Å². The number of hydrogen-bond donors (Lipinski definition) is 2. The Morgan fingerprint density at radius 1 is 1.48 bits per heavy atom. The quantitative estimate of drug-likeness (QED) is 0.642. The highest BCUT2D eigenvalue weighted by Crippen LogP contribution is 2.27. The van der Waals surface area contributed by atoms with E-state index in [4.69, 9.17) is 0 Å². The van der Waals surface area contributed by atoms with E-state index in [1.54, 1.807) is 12.1 Å². The number of anilines is 1. The van der Waals surface area contributed by atoms with Crippen molar-refractivity contribution < 1.29 is 14.8 Å². The van der Waals surface area contributed by atoms with Gasteiger partial charge in [0.15, 0.2) is 0 Å². The third-order valence-electron chi connectivity index (χ3n) is 3.70. The molecule has 0 radical (unpaired) electrons. The van der Waals surface area contributed by atoms with Gasteiger partial charge in [0.05, 0.1) is 17.1 Å². The van der Waals surface area contributed by atoms with Crippen molar-refractivity contribution in [1.82, 2.24) is 5.32 Å². The summed E-state index contributed by atoms with van der Waals surface area (Å²) in [6.07, 6.45) is 1.68. The lowest BCUT2D eigenvalue weighted by Gasteiger charge is -2.34. The molecule has 0 aliphatic carbocycles. The Labute approximate surface area is 122 Å². The topological polar surface area (TPSA) is 95.7 Å². The van der Waals surface area contributed by atoms with Crippen LogP contribution in [0.1, 0.15) is 25.3 Å². The molecule has 1 saturated heterocycles. The third kappa shape index (κ3) is 3.69. The molecule has 0 saturated carbocycles. The lowest BCUT2D eigenvalue weighted by atomic mass is 10.0.